The molecule has 0 aromatic heterocycles. The number of hydrogen-bond acceptors (Lipinski definition) is 7. The van der Waals surface area contributed by atoms with Gasteiger partial charge in [-0.05, 0) is 51.1 Å². The number of benzene rings is 2. The van der Waals surface area contributed by atoms with E-state index in [2.05, 4.69) is 4.72 Å². The van der Waals surface area contributed by atoms with Crippen LogP contribution in [0.15, 0.2) is 47.4 Å². The number of anilines is 1. The lowest BCUT2D eigenvalue weighted by Crippen LogP contribution is -2.36. The van der Waals surface area contributed by atoms with Crippen LogP contribution in [0, 0.1) is 0 Å². The van der Waals surface area contributed by atoms with E-state index in [-0.39, 0.29) is 22.7 Å². The number of sulfonamides is 1. The third kappa shape index (κ3) is 5.91. The van der Waals surface area contributed by atoms with Crippen LogP contribution in [-0.2, 0) is 19.6 Å². The van der Waals surface area contributed by atoms with Crippen molar-refractivity contribution in [1.82, 2.24) is 4.90 Å². The summed E-state index contributed by atoms with van der Waals surface area (Å²) in [4.78, 5) is 25.9. The molecular formula is C22H26N2O7S. The highest BCUT2D eigenvalue weighted by Gasteiger charge is 2.22. The number of rotatable bonds is 6. The number of nitrogens with zero attached hydrogens (tertiary/aromatic N) is 1. The quantitative estimate of drug-likeness (QED) is 0.657. The van der Waals surface area contributed by atoms with Crippen molar-refractivity contribution in [2.45, 2.75) is 31.3 Å². The standard InChI is InChI=1S/C22H26N2O7S/c1-22(2,3)31-20(25)14-24(4)21(26)15-6-5-7-16(12-15)23-32(27,28)17-8-9-18-19(13-17)30-11-10-29-18/h5-9,12-13,23H,10-11,14H2,1-4H3. The van der Waals surface area contributed by atoms with E-state index in [1.54, 1.807) is 26.8 Å². The third-order valence-corrected chi connectivity index (χ3v) is 5.70. The molecule has 2 aromatic carbocycles. The van der Waals surface area contributed by atoms with Gasteiger partial charge in [0, 0.05) is 24.4 Å². The van der Waals surface area contributed by atoms with Crippen LogP contribution in [0.3, 0.4) is 0 Å². The number of fused-ring (bicyclic) bond motifs is 1. The van der Waals surface area contributed by atoms with Crippen molar-refractivity contribution in [3.8, 4) is 11.5 Å². The van der Waals surface area contributed by atoms with E-state index in [1.165, 1.54) is 48.3 Å². The average molecular weight is 463 g/mol. The zero-order chi connectivity index (χ0) is 23.5. The van der Waals surface area contributed by atoms with Gasteiger partial charge >= 0.3 is 5.97 Å². The van der Waals surface area contributed by atoms with Crippen LogP contribution in [0.5, 0.6) is 11.5 Å². The Morgan fingerprint density at radius 3 is 2.44 bits per heavy atom. The molecular weight excluding hydrogens is 436 g/mol. The van der Waals surface area contributed by atoms with Gasteiger partial charge in [-0.2, -0.15) is 0 Å². The van der Waals surface area contributed by atoms with Crippen LogP contribution in [0.2, 0.25) is 0 Å². The molecule has 0 unspecified atom stereocenters. The maximum atomic E-state index is 12.8. The molecule has 1 amide bonds. The smallest absolute Gasteiger partial charge is 0.326 e. The first kappa shape index (κ1) is 23.4. The summed E-state index contributed by atoms with van der Waals surface area (Å²) < 4.78 is 44.2. The van der Waals surface area contributed by atoms with Crippen molar-refractivity contribution in [3.63, 3.8) is 0 Å². The first-order valence-electron chi connectivity index (χ1n) is 9.94. The molecule has 0 atom stereocenters. The molecule has 172 valence electrons. The molecule has 9 nitrogen and oxygen atoms in total. The normalized spacial score (nSPS) is 13.2. The zero-order valence-electron chi connectivity index (χ0n) is 18.4. The maximum Gasteiger partial charge on any atom is 0.326 e. The second kappa shape index (κ2) is 9.07. The van der Waals surface area contributed by atoms with Gasteiger partial charge in [-0.3, -0.25) is 14.3 Å². The van der Waals surface area contributed by atoms with Crippen LogP contribution in [0.25, 0.3) is 0 Å². The zero-order valence-corrected chi connectivity index (χ0v) is 19.2. The number of hydrogen-bond donors (Lipinski definition) is 1. The van der Waals surface area contributed by atoms with Gasteiger partial charge in [0.1, 0.15) is 25.4 Å². The van der Waals surface area contributed by atoms with E-state index in [1.807, 2.05) is 0 Å². The molecule has 0 radical (unpaired) electrons. The number of esters is 1. The average Bonchev–Trinajstić information content (AvgIpc) is 2.71. The number of likely N-dealkylation sites (N-methyl/N-ethyl adjacent to an activating group) is 1. The molecule has 1 N–H and O–H groups in total. The molecule has 1 heterocycles. The number of carbonyl (C=O) groups is 2. The molecule has 1 aliphatic heterocycles. The summed E-state index contributed by atoms with van der Waals surface area (Å²) in [6, 6.07) is 10.4. The van der Waals surface area contributed by atoms with Crippen molar-refractivity contribution in [1.29, 1.82) is 0 Å². The Kier molecular flexibility index (Phi) is 6.63. The topological polar surface area (TPSA) is 111 Å². The van der Waals surface area contributed by atoms with Crippen molar-refractivity contribution in [2.75, 3.05) is 31.5 Å². The predicted octanol–water partition coefficient (Wildman–Crippen LogP) is 2.67. The highest BCUT2D eigenvalue weighted by atomic mass is 32.2. The summed E-state index contributed by atoms with van der Waals surface area (Å²) in [6.45, 7) is 5.73. The number of ether oxygens (including phenoxy) is 3. The number of nitrogens with one attached hydrogen (secondary N) is 1. The molecule has 10 heteroatoms. The van der Waals surface area contributed by atoms with Gasteiger partial charge in [0.05, 0.1) is 4.90 Å². The van der Waals surface area contributed by atoms with Crippen LogP contribution in [0.1, 0.15) is 31.1 Å². The van der Waals surface area contributed by atoms with Crippen LogP contribution in [0.4, 0.5) is 5.69 Å². The summed E-state index contributed by atoms with van der Waals surface area (Å²) in [5.41, 5.74) is -0.234. The van der Waals surface area contributed by atoms with E-state index in [9.17, 15) is 18.0 Å². The maximum absolute atomic E-state index is 12.8. The van der Waals surface area contributed by atoms with Gasteiger partial charge in [0.15, 0.2) is 11.5 Å². The van der Waals surface area contributed by atoms with E-state index in [0.29, 0.717) is 24.7 Å². The number of amides is 1. The monoisotopic (exact) mass is 462 g/mol. The molecule has 0 spiro atoms. The van der Waals surface area contributed by atoms with Crippen molar-refractivity contribution >= 4 is 27.6 Å². The Hall–Kier alpha value is -3.27. The minimum atomic E-state index is -3.93. The van der Waals surface area contributed by atoms with Crippen molar-refractivity contribution in [2.24, 2.45) is 0 Å². The van der Waals surface area contributed by atoms with E-state index in [0.717, 1.165) is 0 Å². The van der Waals surface area contributed by atoms with Crippen LogP contribution >= 0.6 is 0 Å². The first-order chi connectivity index (χ1) is 14.9. The molecule has 1 aliphatic rings. The molecule has 32 heavy (non-hydrogen) atoms. The van der Waals surface area contributed by atoms with Gasteiger partial charge in [0.2, 0.25) is 0 Å². The molecule has 0 fully saturated rings. The lowest BCUT2D eigenvalue weighted by Gasteiger charge is -2.22. The summed E-state index contributed by atoms with van der Waals surface area (Å²) in [7, 11) is -2.46. The van der Waals surface area contributed by atoms with E-state index >= 15 is 0 Å². The minimum Gasteiger partial charge on any atom is -0.486 e. The molecule has 2 aromatic rings. The van der Waals surface area contributed by atoms with E-state index < -0.39 is 27.5 Å². The van der Waals surface area contributed by atoms with E-state index in [4.69, 9.17) is 14.2 Å². The van der Waals surface area contributed by atoms with Crippen molar-refractivity contribution in [3.05, 3.63) is 48.0 Å². The molecule has 3 rings (SSSR count). The van der Waals surface area contributed by atoms with Gasteiger partial charge in [0.25, 0.3) is 15.9 Å². The SMILES string of the molecule is CN(CC(=O)OC(C)(C)C)C(=O)c1cccc(NS(=O)(=O)c2ccc3c(c2)OCCO3)c1. The first-order valence-corrected chi connectivity index (χ1v) is 11.4. The highest BCUT2D eigenvalue weighted by Crippen LogP contribution is 2.32. The molecule has 0 aliphatic carbocycles. The Morgan fingerprint density at radius 1 is 1.06 bits per heavy atom. The fourth-order valence-electron chi connectivity index (χ4n) is 2.98. The fourth-order valence-corrected chi connectivity index (χ4v) is 4.04. The van der Waals surface area contributed by atoms with Crippen molar-refractivity contribution < 1.29 is 32.2 Å². The van der Waals surface area contributed by atoms with Gasteiger partial charge in [-0.25, -0.2) is 8.42 Å². The summed E-state index contributed by atoms with van der Waals surface area (Å²) in [6.07, 6.45) is 0. The number of carbonyl (C=O) groups excluding carboxylic acids is 2. The highest BCUT2D eigenvalue weighted by molar-refractivity contribution is 7.92. The summed E-state index contributed by atoms with van der Waals surface area (Å²) >= 11 is 0. The Morgan fingerprint density at radius 2 is 1.75 bits per heavy atom. The summed E-state index contributed by atoms with van der Waals surface area (Å²) in [5.74, 6) is -0.150. The minimum absolute atomic E-state index is 0.000485. The largest absolute Gasteiger partial charge is 0.486 e. The lowest BCUT2D eigenvalue weighted by atomic mass is 10.2. The predicted molar refractivity (Wildman–Crippen MR) is 117 cm³/mol. The molecule has 0 saturated heterocycles. The fraction of sp³-hybridized carbons (Fsp3) is 0.364. The third-order valence-electron chi connectivity index (χ3n) is 4.32. The van der Waals surface area contributed by atoms with Gasteiger partial charge in [-0.1, -0.05) is 6.07 Å². The lowest BCUT2D eigenvalue weighted by molar-refractivity contribution is -0.155. The van der Waals surface area contributed by atoms with Gasteiger partial charge in [-0.15, -0.1) is 0 Å². The Bertz CT molecular complexity index is 1120. The van der Waals surface area contributed by atoms with Gasteiger partial charge < -0.3 is 19.1 Å². The summed E-state index contributed by atoms with van der Waals surface area (Å²) in [5, 5.41) is 0. The second-order valence-electron chi connectivity index (χ2n) is 8.24. The van der Waals surface area contributed by atoms with Crippen LogP contribution < -0.4 is 14.2 Å². The van der Waals surface area contributed by atoms with Crippen LogP contribution in [-0.4, -0.2) is 57.6 Å². The molecule has 0 bridgehead atoms. The molecule has 0 saturated carbocycles. The Balaban J connectivity index is 1.73. The second-order valence-corrected chi connectivity index (χ2v) is 9.92. The Labute approximate surface area is 187 Å².